The summed E-state index contributed by atoms with van der Waals surface area (Å²) in [5, 5.41) is 3.17. The molecule has 0 aliphatic rings. The molecule has 0 bridgehead atoms. The molecule has 0 fully saturated rings. The lowest BCUT2D eigenvalue weighted by Gasteiger charge is -2.04. The molecule has 0 saturated heterocycles. The Kier molecular flexibility index (Phi) is 2.25. The lowest BCUT2D eigenvalue weighted by Crippen LogP contribution is -2.09. The van der Waals surface area contributed by atoms with Crippen LogP contribution in [-0.4, -0.2) is 16.4 Å². The summed E-state index contributed by atoms with van der Waals surface area (Å²) in [6.45, 7) is 5.02. The van der Waals surface area contributed by atoms with Crippen LogP contribution in [0.4, 0.5) is 0 Å². The predicted molar refractivity (Wildman–Crippen MR) is 57.4 cm³/mol. The fourth-order valence-electron chi connectivity index (χ4n) is 1.81. The number of nitrogens with zero attached hydrogens (tertiary/aromatic N) is 2. The van der Waals surface area contributed by atoms with Crippen molar-refractivity contribution in [2.45, 2.75) is 20.4 Å². The van der Waals surface area contributed by atoms with E-state index in [2.05, 4.69) is 34.6 Å². The van der Waals surface area contributed by atoms with Gasteiger partial charge >= 0.3 is 0 Å². The average molecular weight is 189 g/mol. The van der Waals surface area contributed by atoms with Crippen molar-refractivity contribution in [3.63, 3.8) is 0 Å². The van der Waals surface area contributed by atoms with E-state index in [4.69, 9.17) is 0 Å². The predicted octanol–water partition coefficient (Wildman–Crippen LogP) is 1.67. The molecule has 0 aliphatic heterocycles. The first-order chi connectivity index (χ1) is 6.74. The van der Waals surface area contributed by atoms with Crippen molar-refractivity contribution in [3.05, 3.63) is 35.3 Å². The summed E-state index contributed by atoms with van der Waals surface area (Å²) < 4.78 is 2.20. The zero-order chi connectivity index (χ0) is 10.1. The first kappa shape index (κ1) is 9.21. The van der Waals surface area contributed by atoms with Gasteiger partial charge in [-0.2, -0.15) is 0 Å². The monoisotopic (exact) mass is 189 g/mol. The molecular weight excluding hydrogens is 174 g/mol. The summed E-state index contributed by atoms with van der Waals surface area (Å²) in [5.74, 6) is 0. The molecule has 0 aromatic carbocycles. The number of pyridine rings is 1. The number of rotatable bonds is 2. The van der Waals surface area contributed by atoms with Gasteiger partial charge in [-0.1, -0.05) is 6.07 Å². The van der Waals surface area contributed by atoms with Crippen LogP contribution in [-0.2, 0) is 6.54 Å². The molecule has 0 amide bonds. The Morgan fingerprint density at radius 1 is 1.36 bits per heavy atom. The van der Waals surface area contributed by atoms with Gasteiger partial charge in [0.2, 0.25) is 0 Å². The van der Waals surface area contributed by atoms with Crippen molar-refractivity contribution in [2.24, 2.45) is 0 Å². The highest BCUT2D eigenvalue weighted by Crippen LogP contribution is 2.14. The maximum absolute atomic E-state index is 4.52. The van der Waals surface area contributed by atoms with Crippen molar-refractivity contribution >= 4 is 5.65 Å². The van der Waals surface area contributed by atoms with E-state index < -0.39 is 0 Å². The van der Waals surface area contributed by atoms with Crippen LogP contribution in [0.2, 0.25) is 0 Å². The van der Waals surface area contributed by atoms with Gasteiger partial charge in [-0.25, -0.2) is 4.98 Å². The average Bonchev–Trinajstić information content (AvgIpc) is 2.45. The van der Waals surface area contributed by atoms with Crippen LogP contribution in [0.25, 0.3) is 5.65 Å². The van der Waals surface area contributed by atoms with Gasteiger partial charge in [-0.15, -0.1) is 0 Å². The molecule has 0 atom stereocenters. The smallest absolute Gasteiger partial charge is 0.137 e. The third-order valence-corrected chi connectivity index (χ3v) is 2.48. The lowest BCUT2D eigenvalue weighted by molar-refractivity contribution is 0.770. The van der Waals surface area contributed by atoms with Crippen LogP contribution in [0.1, 0.15) is 17.1 Å². The van der Waals surface area contributed by atoms with Gasteiger partial charge in [0, 0.05) is 12.2 Å². The van der Waals surface area contributed by atoms with E-state index in [0.717, 1.165) is 17.9 Å². The minimum absolute atomic E-state index is 0.859. The Labute approximate surface area is 83.8 Å². The van der Waals surface area contributed by atoms with Gasteiger partial charge in [0.05, 0.1) is 11.4 Å². The number of nitrogens with one attached hydrogen (secondary N) is 1. The minimum Gasteiger partial charge on any atom is -0.314 e. The summed E-state index contributed by atoms with van der Waals surface area (Å²) in [4.78, 5) is 4.52. The summed E-state index contributed by atoms with van der Waals surface area (Å²) in [5.41, 5.74) is 4.62. The van der Waals surface area contributed by atoms with E-state index in [9.17, 15) is 0 Å². The molecular formula is C11H15N3. The zero-order valence-electron chi connectivity index (χ0n) is 8.83. The Morgan fingerprint density at radius 2 is 2.14 bits per heavy atom. The first-order valence-corrected chi connectivity index (χ1v) is 4.82. The lowest BCUT2D eigenvalue weighted by atomic mass is 10.3. The Bertz CT molecular complexity index is 457. The fourth-order valence-corrected chi connectivity index (χ4v) is 1.81. The van der Waals surface area contributed by atoms with Crippen LogP contribution in [0.3, 0.4) is 0 Å². The van der Waals surface area contributed by atoms with Crippen LogP contribution in [0.15, 0.2) is 18.2 Å². The largest absolute Gasteiger partial charge is 0.314 e. The summed E-state index contributed by atoms with van der Waals surface area (Å²) in [6, 6.07) is 6.19. The standard InChI is InChI=1S/C11H15N3/c1-8-5-4-6-11-13-9(2)10(7-12-3)14(8)11/h4-6,12H,7H2,1-3H3. The SMILES string of the molecule is CNCc1c(C)nc2cccc(C)n12. The molecule has 2 aromatic heterocycles. The summed E-state index contributed by atoms with van der Waals surface area (Å²) in [6.07, 6.45) is 0. The highest BCUT2D eigenvalue weighted by atomic mass is 15.0. The topological polar surface area (TPSA) is 29.3 Å². The van der Waals surface area contributed by atoms with Crippen molar-refractivity contribution in [1.29, 1.82) is 0 Å². The van der Waals surface area contributed by atoms with Gasteiger partial charge in [0.1, 0.15) is 5.65 Å². The first-order valence-electron chi connectivity index (χ1n) is 4.82. The third kappa shape index (κ3) is 1.30. The maximum atomic E-state index is 4.52. The minimum atomic E-state index is 0.859. The summed E-state index contributed by atoms with van der Waals surface area (Å²) in [7, 11) is 1.96. The Balaban J connectivity index is 2.73. The fraction of sp³-hybridized carbons (Fsp3) is 0.364. The molecule has 0 aliphatic carbocycles. The molecule has 0 saturated carbocycles. The number of hydrogen-bond acceptors (Lipinski definition) is 2. The van der Waals surface area contributed by atoms with Crippen molar-refractivity contribution < 1.29 is 0 Å². The molecule has 3 heteroatoms. The molecule has 1 N–H and O–H groups in total. The van der Waals surface area contributed by atoms with E-state index in [-0.39, 0.29) is 0 Å². The Morgan fingerprint density at radius 3 is 2.86 bits per heavy atom. The van der Waals surface area contributed by atoms with Gasteiger partial charge in [0.25, 0.3) is 0 Å². The van der Waals surface area contributed by atoms with E-state index in [0.29, 0.717) is 0 Å². The molecule has 3 nitrogen and oxygen atoms in total. The second-order valence-corrected chi connectivity index (χ2v) is 3.54. The van der Waals surface area contributed by atoms with Crippen LogP contribution in [0.5, 0.6) is 0 Å². The number of aryl methyl sites for hydroxylation is 2. The van der Waals surface area contributed by atoms with E-state index in [1.54, 1.807) is 0 Å². The molecule has 0 unspecified atom stereocenters. The molecule has 2 heterocycles. The highest BCUT2D eigenvalue weighted by molar-refractivity contribution is 5.44. The van der Waals surface area contributed by atoms with Crippen molar-refractivity contribution in [1.82, 2.24) is 14.7 Å². The Hall–Kier alpha value is -1.35. The third-order valence-electron chi connectivity index (χ3n) is 2.48. The van der Waals surface area contributed by atoms with Crippen molar-refractivity contribution in [3.8, 4) is 0 Å². The van der Waals surface area contributed by atoms with E-state index in [1.165, 1.54) is 11.4 Å². The maximum Gasteiger partial charge on any atom is 0.137 e. The van der Waals surface area contributed by atoms with Crippen molar-refractivity contribution in [2.75, 3.05) is 7.05 Å². The number of fused-ring (bicyclic) bond motifs is 1. The van der Waals surface area contributed by atoms with Gasteiger partial charge < -0.3 is 5.32 Å². The van der Waals surface area contributed by atoms with Gasteiger partial charge in [0.15, 0.2) is 0 Å². The molecule has 0 spiro atoms. The number of aromatic nitrogens is 2. The second-order valence-electron chi connectivity index (χ2n) is 3.54. The van der Waals surface area contributed by atoms with Crippen LogP contribution < -0.4 is 5.32 Å². The van der Waals surface area contributed by atoms with Gasteiger partial charge in [-0.05, 0) is 33.0 Å². The van der Waals surface area contributed by atoms with Crippen LogP contribution >= 0.6 is 0 Å². The van der Waals surface area contributed by atoms with Crippen LogP contribution in [0, 0.1) is 13.8 Å². The number of imidazole rings is 1. The normalized spacial score (nSPS) is 11.1. The number of hydrogen-bond donors (Lipinski definition) is 1. The van der Waals surface area contributed by atoms with E-state index in [1.807, 2.05) is 19.2 Å². The molecule has 0 radical (unpaired) electrons. The molecule has 74 valence electrons. The van der Waals surface area contributed by atoms with Gasteiger partial charge in [-0.3, -0.25) is 4.40 Å². The quantitative estimate of drug-likeness (QED) is 0.778. The van der Waals surface area contributed by atoms with E-state index >= 15 is 0 Å². The second kappa shape index (κ2) is 3.42. The zero-order valence-corrected chi connectivity index (χ0v) is 8.83. The highest BCUT2D eigenvalue weighted by Gasteiger charge is 2.08. The summed E-state index contributed by atoms with van der Waals surface area (Å²) >= 11 is 0. The molecule has 14 heavy (non-hydrogen) atoms. The molecule has 2 aromatic rings. The molecule has 2 rings (SSSR count).